The number of methoxy groups -OCH3 is 1. The number of carbonyl (C=O) groups excluding carboxylic acids is 2. The first-order valence-electron chi connectivity index (χ1n) is 6.89. The van der Waals surface area contributed by atoms with Crippen LogP contribution in [-0.2, 0) is 19.1 Å². The van der Waals surface area contributed by atoms with Crippen molar-refractivity contribution in [2.75, 3.05) is 25.2 Å². The summed E-state index contributed by atoms with van der Waals surface area (Å²) in [5.41, 5.74) is 0.756. The number of ether oxygens (including phenoxy) is 3. The van der Waals surface area contributed by atoms with Gasteiger partial charge in [-0.05, 0) is 38.1 Å². The molecule has 6 heteroatoms. The Morgan fingerprint density at radius 1 is 1.00 bits per heavy atom. The number of esters is 2. The summed E-state index contributed by atoms with van der Waals surface area (Å²) < 4.78 is 15.1. The maximum absolute atomic E-state index is 11.9. The van der Waals surface area contributed by atoms with E-state index in [0.717, 1.165) is 5.69 Å². The molecule has 0 amide bonds. The average molecular weight is 293 g/mol. The largest absolute Gasteiger partial charge is 0.497 e. The fraction of sp³-hybridized carbons (Fsp3) is 0.467. The van der Waals surface area contributed by atoms with Crippen LogP contribution in [0, 0.1) is 0 Å². The van der Waals surface area contributed by atoms with E-state index in [1.807, 2.05) is 0 Å². The molecule has 1 aromatic carbocycles. The molecule has 2 atom stereocenters. The van der Waals surface area contributed by atoms with Crippen LogP contribution in [0.2, 0.25) is 0 Å². The quantitative estimate of drug-likeness (QED) is 0.583. The van der Waals surface area contributed by atoms with Gasteiger partial charge in [0.05, 0.1) is 20.3 Å². The first-order valence-corrected chi connectivity index (χ1v) is 6.89. The second-order valence-electron chi connectivity index (χ2n) is 4.50. The lowest BCUT2D eigenvalue weighted by Crippen LogP contribution is -2.20. The zero-order valence-corrected chi connectivity index (χ0v) is 12.4. The van der Waals surface area contributed by atoms with Gasteiger partial charge in [-0.2, -0.15) is 0 Å². The van der Waals surface area contributed by atoms with Crippen LogP contribution in [0.5, 0.6) is 5.75 Å². The number of hydrogen-bond acceptors (Lipinski definition) is 6. The third-order valence-corrected chi connectivity index (χ3v) is 3.24. The summed E-state index contributed by atoms with van der Waals surface area (Å²) in [7, 11) is 1.58. The Bertz CT molecular complexity index is 489. The number of anilines is 1. The Balaban J connectivity index is 2.17. The van der Waals surface area contributed by atoms with Crippen LogP contribution in [0.25, 0.3) is 0 Å². The van der Waals surface area contributed by atoms with Gasteiger partial charge >= 0.3 is 11.9 Å². The lowest BCUT2D eigenvalue weighted by atomic mass is 10.3. The van der Waals surface area contributed by atoms with Gasteiger partial charge in [-0.3, -0.25) is 0 Å². The van der Waals surface area contributed by atoms with Crippen molar-refractivity contribution in [1.29, 1.82) is 0 Å². The van der Waals surface area contributed by atoms with Crippen LogP contribution in [0.3, 0.4) is 0 Å². The van der Waals surface area contributed by atoms with Gasteiger partial charge in [-0.25, -0.2) is 9.59 Å². The summed E-state index contributed by atoms with van der Waals surface area (Å²) in [6.07, 6.45) is 0. The minimum Gasteiger partial charge on any atom is -0.497 e. The van der Waals surface area contributed by atoms with Crippen LogP contribution in [0.4, 0.5) is 5.69 Å². The topological polar surface area (TPSA) is 64.8 Å². The Labute approximate surface area is 123 Å². The molecule has 0 radical (unpaired) electrons. The molecule has 0 aliphatic carbocycles. The molecule has 2 unspecified atom stereocenters. The Kier molecular flexibility index (Phi) is 4.67. The Hall–Kier alpha value is -2.24. The highest BCUT2D eigenvalue weighted by Gasteiger charge is 2.59. The summed E-state index contributed by atoms with van der Waals surface area (Å²) in [6, 6.07) is 5.92. The predicted octanol–water partition coefficient (Wildman–Crippen LogP) is 1.38. The molecule has 0 aromatic heterocycles. The fourth-order valence-electron chi connectivity index (χ4n) is 2.25. The Morgan fingerprint density at radius 3 is 1.86 bits per heavy atom. The summed E-state index contributed by atoms with van der Waals surface area (Å²) >= 11 is 0. The predicted molar refractivity (Wildman–Crippen MR) is 76.3 cm³/mol. The lowest BCUT2D eigenvalue weighted by molar-refractivity contribution is -0.147. The zero-order valence-electron chi connectivity index (χ0n) is 12.4. The minimum atomic E-state index is -0.614. The summed E-state index contributed by atoms with van der Waals surface area (Å²) in [5, 5.41) is 0. The highest BCUT2D eigenvalue weighted by Crippen LogP contribution is 2.37. The van der Waals surface area contributed by atoms with E-state index in [9.17, 15) is 9.59 Å². The van der Waals surface area contributed by atoms with Crippen molar-refractivity contribution in [2.45, 2.75) is 25.9 Å². The summed E-state index contributed by atoms with van der Waals surface area (Å²) in [5.74, 6) is -0.112. The summed E-state index contributed by atoms with van der Waals surface area (Å²) in [6.45, 7) is 4.03. The molecule has 1 aliphatic heterocycles. The maximum atomic E-state index is 11.9. The van der Waals surface area contributed by atoms with Gasteiger partial charge in [-0.15, -0.1) is 0 Å². The van der Waals surface area contributed by atoms with Crippen molar-refractivity contribution in [2.24, 2.45) is 0 Å². The second-order valence-corrected chi connectivity index (χ2v) is 4.50. The molecule has 0 saturated carbocycles. The maximum Gasteiger partial charge on any atom is 0.331 e. The third kappa shape index (κ3) is 3.09. The van der Waals surface area contributed by atoms with E-state index in [1.54, 1.807) is 50.1 Å². The molecule has 0 spiro atoms. The molecular weight excluding hydrogens is 274 g/mol. The van der Waals surface area contributed by atoms with E-state index in [0.29, 0.717) is 5.75 Å². The van der Waals surface area contributed by atoms with Crippen molar-refractivity contribution in [3.8, 4) is 5.75 Å². The third-order valence-electron chi connectivity index (χ3n) is 3.24. The number of benzene rings is 1. The minimum absolute atomic E-state index is 0.279. The molecule has 1 heterocycles. The van der Waals surface area contributed by atoms with E-state index in [-0.39, 0.29) is 13.2 Å². The van der Waals surface area contributed by atoms with Crippen LogP contribution < -0.4 is 9.64 Å². The zero-order chi connectivity index (χ0) is 15.4. The molecule has 6 nitrogen and oxygen atoms in total. The van der Waals surface area contributed by atoms with Gasteiger partial charge in [0.2, 0.25) is 0 Å². The van der Waals surface area contributed by atoms with E-state index in [2.05, 4.69) is 0 Å². The SMILES string of the molecule is CCOC(=O)C1C(C(=O)OCC)N1c1ccc(OC)cc1. The van der Waals surface area contributed by atoms with E-state index < -0.39 is 24.0 Å². The smallest absolute Gasteiger partial charge is 0.331 e. The molecule has 0 bridgehead atoms. The van der Waals surface area contributed by atoms with E-state index >= 15 is 0 Å². The Morgan fingerprint density at radius 2 is 1.48 bits per heavy atom. The van der Waals surface area contributed by atoms with Crippen molar-refractivity contribution in [3.63, 3.8) is 0 Å². The number of carbonyl (C=O) groups is 2. The van der Waals surface area contributed by atoms with Crippen molar-refractivity contribution in [1.82, 2.24) is 0 Å². The first kappa shape index (κ1) is 15.2. The van der Waals surface area contributed by atoms with Crippen molar-refractivity contribution in [3.05, 3.63) is 24.3 Å². The van der Waals surface area contributed by atoms with Crippen molar-refractivity contribution < 1.29 is 23.8 Å². The van der Waals surface area contributed by atoms with Crippen LogP contribution >= 0.6 is 0 Å². The fourth-order valence-corrected chi connectivity index (χ4v) is 2.25. The molecule has 0 N–H and O–H groups in total. The monoisotopic (exact) mass is 293 g/mol. The van der Waals surface area contributed by atoms with Gasteiger partial charge in [0.1, 0.15) is 5.75 Å². The van der Waals surface area contributed by atoms with Crippen LogP contribution in [0.15, 0.2) is 24.3 Å². The molecule has 2 rings (SSSR count). The molecule has 114 valence electrons. The van der Waals surface area contributed by atoms with Gasteiger partial charge in [0, 0.05) is 5.69 Å². The molecule has 1 fully saturated rings. The highest BCUT2D eigenvalue weighted by molar-refractivity contribution is 6.01. The van der Waals surface area contributed by atoms with E-state index in [1.165, 1.54) is 0 Å². The summed E-state index contributed by atoms with van der Waals surface area (Å²) in [4.78, 5) is 25.6. The highest BCUT2D eigenvalue weighted by atomic mass is 16.5. The lowest BCUT2D eigenvalue weighted by Gasteiger charge is -2.07. The molecular formula is C15H19NO5. The van der Waals surface area contributed by atoms with Gasteiger partial charge in [0.25, 0.3) is 0 Å². The normalized spacial score (nSPS) is 19.9. The van der Waals surface area contributed by atoms with Crippen LogP contribution in [-0.4, -0.2) is 44.3 Å². The average Bonchev–Trinajstić information content (AvgIpc) is 3.23. The molecule has 1 saturated heterocycles. The number of rotatable bonds is 6. The molecule has 1 aromatic rings. The van der Waals surface area contributed by atoms with Crippen LogP contribution in [0.1, 0.15) is 13.8 Å². The van der Waals surface area contributed by atoms with Gasteiger partial charge in [-0.1, -0.05) is 0 Å². The second kappa shape index (κ2) is 6.47. The molecule has 21 heavy (non-hydrogen) atoms. The first-order chi connectivity index (χ1) is 10.1. The number of hydrogen-bond donors (Lipinski definition) is 0. The van der Waals surface area contributed by atoms with Gasteiger partial charge < -0.3 is 19.1 Å². The van der Waals surface area contributed by atoms with Crippen molar-refractivity contribution >= 4 is 17.6 Å². The van der Waals surface area contributed by atoms with Gasteiger partial charge in [0.15, 0.2) is 12.1 Å². The molecule has 1 aliphatic rings. The number of nitrogens with zero attached hydrogens (tertiary/aromatic N) is 1. The standard InChI is InChI=1S/C15H19NO5/c1-4-20-14(17)12-13(15(18)21-5-2)16(12)10-6-8-11(19-3)9-7-10/h6-9,12-13H,4-5H2,1-3H3. The van der Waals surface area contributed by atoms with E-state index in [4.69, 9.17) is 14.2 Å².